The number of carbonyl (C=O) groups excluding carboxylic acids is 2. The van der Waals surface area contributed by atoms with Gasteiger partial charge < -0.3 is 4.74 Å². The molecule has 2 N–H and O–H groups in total. The van der Waals surface area contributed by atoms with E-state index in [1.54, 1.807) is 24.3 Å². The molecule has 2 rings (SSSR count). The second kappa shape index (κ2) is 8.58. The molecule has 0 saturated carbocycles. The van der Waals surface area contributed by atoms with E-state index in [-0.39, 0.29) is 5.75 Å². The van der Waals surface area contributed by atoms with Crippen LogP contribution >= 0.6 is 0 Å². The molecule has 0 aliphatic heterocycles. The average molecular weight is 346 g/mol. The summed E-state index contributed by atoms with van der Waals surface area (Å²) < 4.78 is 28.3. The number of carbonyl (C=O) groups is 2. The fraction of sp³-hybridized carbons (Fsp3) is 0.111. The number of benzene rings is 2. The first-order chi connectivity index (χ1) is 11.9. The highest BCUT2D eigenvalue weighted by Gasteiger charge is 2.05. The van der Waals surface area contributed by atoms with E-state index >= 15 is 0 Å². The van der Waals surface area contributed by atoms with Crippen LogP contribution in [0.25, 0.3) is 6.08 Å². The number of halogens is 2. The van der Waals surface area contributed by atoms with E-state index in [9.17, 15) is 18.4 Å². The molecule has 0 spiro atoms. The maximum absolute atomic E-state index is 12.0. The van der Waals surface area contributed by atoms with Crippen molar-refractivity contribution in [2.24, 2.45) is 0 Å². The second-order valence-electron chi connectivity index (χ2n) is 5.09. The summed E-state index contributed by atoms with van der Waals surface area (Å²) in [7, 11) is 0. The molecule has 0 aliphatic rings. The topological polar surface area (TPSA) is 67.4 Å². The van der Waals surface area contributed by atoms with E-state index in [0.29, 0.717) is 11.1 Å². The van der Waals surface area contributed by atoms with Gasteiger partial charge in [0, 0.05) is 11.6 Å². The lowest BCUT2D eigenvalue weighted by atomic mass is 10.1. The average Bonchev–Trinajstić information content (AvgIpc) is 2.59. The number of hydrogen-bond acceptors (Lipinski definition) is 3. The monoisotopic (exact) mass is 346 g/mol. The largest absolute Gasteiger partial charge is 0.435 e. The van der Waals surface area contributed by atoms with E-state index in [0.717, 1.165) is 5.56 Å². The number of rotatable bonds is 5. The Balaban J connectivity index is 1.84. The molecule has 0 unspecified atom stereocenters. The van der Waals surface area contributed by atoms with Crippen molar-refractivity contribution in [1.29, 1.82) is 0 Å². The Bertz CT molecular complexity index is 757. The lowest BCUT2D eigenvalue weighted by molar-refractivity contribution is -0.117. The highest BCUT2D eigenvalue weighted by molar-refractivity contribution is 5.97. The van der Waals surface area contributed by atoms with E-state index in [1.807, 2.05) is 6.92 Å². The molecule has 0 bridgehead atoms. The lowest BCUT2D eigenvalue weighted by Crippen LogP contribution is -2.40. The van der Waals surface area contributed by atoms with Gasteiger partial charge in [-0.2, -0.15) is 8.78 Å². The summed E-state index contributed by atoms with van der Waals surface area (Å²) >= 11 is 0. The van der Waals surface area contributed by atoms with Gasteiger partial charge in [0.25, 0.3) is 11.8 Å². The zero-order valence-electron chi connectivity index (χ0n) is 13.3. The van der Waals surface area contributed by atoms with Gasteiger partial charge in [0.2, 0.25) is 0 Å². The van der Waals surface area contributed by atoms with Gasteiger partial charge in [0.05, 0.1) is 0 Å². The van der Waals surface area contributed by atoms with Gasteiger partial charge >= 0.3 is 6.61 Å². The molecule has 0 saturated heterocycles. The minimum atomic E-state index is -2.88. The molecule has 5 nitrogen and oxygen atoms in total. The molecule has 0 radical (unpaired) electrons. The molecule has 130 valence electrons. The maximum atomic E-state index is 12.0. The third-order valence-electron chi connectivity index (χ3n) is 3.15. The van der Waals surface area contributed by atoms with Crippen molar-refractivity contribution in [2.75, 3.05) is 0 Å². The number of nitrogens with one attached hydrogen (secondary N) is 2. The SMILES string of the molecule is Cc1ccc(C(=O)NNC(=O)C=Cc2ccc(OC(F)F)cc2)cc1. The first-order valence-electron chi connectivity index (χ1n) is 7.34. The summed E-state index contributed by atoms with van der Waals surface area (Å²) in [5, 5.41) is 0. The smallest absolute Gasteiger partial charge is 0.387 e. The van der Waals surface area contributed by atoms with Crippen LogP contribution in [-0.2, 0) is 4.79 Å². The fourth-order valence-electron chi connectivity index (χ4n) is 1.87. The Labute approximate surface area is 143 Å². The molecule has 7 heteroatoms. The van der Waals surface area contributed by atoms with Gasteiger partial charge in [-0.05, 0) is 42.8 Å². The summed E-state index contributed by atoms with van der Waals surface area (Å²) in [6.07, 6.45) is 2.68. The van der Waals surface area contributed by atoms with Crippen molar-refractivity contribution in [3.8, 4) is 5.75 Å². The number of amides is 2. The third-order valence-corrected chi connectivity index (χ3v) is 3.15. The molecule has 0 aliphatic carbocycles. The summed E-state index contributed by atoms with van der Waals surface area (Å²) in [5.41, 5.74) is 6.60. The van der Waals surface area contributed by atoms with Gasteiger partial charge in [-0.15, -0.1) is 0 Å². The number of ether oxygens (including phenoxy) is 1. The zero-order valence-corrected chi connectivity index (χ0v) is 13.3. The predicted molar refractivity (Wildman–Crippen MR) is 88.9 cm³/mol. The van der Waals surface area contributed by atoms with Crippen molar-refractivity contribution < 1.29 is 23.1 Å². The van der Waals surface area contributed by atoms with Gasteiger partial charge in [0.1, 0.15) is 5.75 Å². The molecular weight excluding hydrogens is 330 g/mol. The summed E-state index contributed by atoms with van der Waals surface area (Å²) in [6.45, 7) is -0.982. The molecule has 2 amide bonds. The Kier molecular flexibility index (Phi) is 6.22. The molecule has 2 aromatic carbocycles. The quantitative estimate of drug-likeness (QED) is 0.646. The second-order valence-corrected chi connectivity index (χ2v) is 5.09. The van der Waals surface area contributed by atoms with Gasteiger partial charge in [-0.3, -0.25) is 20.4 Å². The first-order valence-corrected chi connectivity index (χ1v) is 7.34. The van der Waals surface area contributed by atoms with Gasteiger partial charge in [-0.25, -0.2) is 0 Å². The number of hydrogen-bond donors (Lipinski definition) is 2. The Hall–Kier alpha value is -3.22. The highest BCUT2D eigenvalue weighted by Crippen LogP contribution is 2.15. The molecule has 0 heterocycles. The number of alkyl halides is 2. The van der Waals surface area contributed by atoms with Crippen molar-refractivity contribution >= 4 is 17.9 Å². The standard InChI is InChI=1S/C18H16F2N2O3/c1-12-2-7-14(8-3-12)17(24)22-21-16(23)11-6-13-4-9-15(10-5-13)25-18(19)20/h2-11,18H,1H3,(H,21,23)(H,22,24). The molecule has 2 aromatic rings. The summed E-state index contributed by atoms with van der Waals surface area (Å²) in [4.78, 5) is 23.5. The maximum Gasteiger partial charge on any atom is 0.387 e. The fourth-order valence-corrected chi connectivity index (χ4v) is 1.87. The minimum Gasteiger partial charge on any atom is -0.435 e. The van der Waals surface area contributed by atoms with Crippen LogP contribution in [-0.4, -0.2) is 18.4 Å². The van der Waals surface area contributed by atoms with Crippen LogP contribution in [0.15, 0.2) is 54.6 Å². The normalized spacial score (nSPS) is 10.7. The van der Waals surface area contributed by atoms with Crippen molar-refractivity contribution in [1.82, 2.24) is 10.9 Å². The van der Waals surface area contributed by atoms with Crippen LogP contribution in [0.5, 0.6) is 5.75 Å². The number of hydrazine groups is 1. The summed E-state index contributed by atoms with van der Waals surface area (Å²) in [5.74, 6) is -0.939. The molecule has 0 aromatic heterocycles. The Morgan fingerprint density at radius 2 is 1.64 bits per heavy atom. The molecule has 0 atom stereocenters. The predicted octanol–water partition coefficient (Wildman–Crippen LogP) is 3.07. The lowest BCUT2D eigenvalue weighted by Gasteiger charge is -2.05. The van der Waals surface area contributed by atoms with Crippen LogP contribution in [0.2, 0.25) is 0 Å². The van der Waals surface area contributed by atoms with E-state index in [1.165, 1.54) is 36.4 Å². The highest BCUT2D eigenvalue weighted by atomic mass is 19.3. The van der Waals surface area contributed by atoms with Crippen LogP contribution in [0.4, 0.5) is 8.78 Å². The number of aryl methyl sites for hydroxylation is 1. The molecular formula is C18H16F2N2O3. The zero-order chi connectivity index (χ0) is 18.2. The molecule has 0 fully saturated rings. The van der Waals surface area contributed by atoms with Crippen LogP contribution < -0.4 is 15.6 Å². The van der Waals surface area contributed by atoms with E-state index < -0.39 is 18.4 Å². The van der Waals surface area contributed by atoms with Gasteiger partial charge in [-0.1, -0.05) is 29.8 Å². The van der Waals surface area contributed by atoms with Crippen LogP contribution in [0.1, 0.15) is 21.5 Å². The van der Waals surface area contributed by atoms with Crippen LogP contribution in [0, 0.1) is 6.92 Å². The van der Waals surface area contributed by atoms with E-state index in [2.05, 4.69) is 15.6 Å². The van der Waals surface area contributed by atoms with E-state index in [4.69, 9.17) is 0 Å². The first kappa shape index (κ1) is 18.1. The van der Waals surface area contributed by atoms with Crippen molar-refractivity contribution in [3.63, 3.8) is 0 Å². The Morgan fingerprint density at radius 3 is 2.24 bits per heavy atom. The third kappa shape index (κ3) is 6.06. The van der Waals surface area contributed by atoms with Gasteiger partial charge in [0.15, 0.2) is 0 Å². The molecule has 25 heavy (non-hydrogen) atoms. The summed E-state index contributed by atoms with van der Waals surface area (Å²) in [6, 6.07) is 12.6. The van der Waals surface area contributed by atoms with Crippen molar-refractivity contribution in [2.45, 2.75) is 13.5 Å². The van der Waals surface area contributed by atoms with Crippen LogP contribution in [0.3, 0.4) is 0 Å². The van der Waals surface area contributed by atoms with Crippen molar-refractivity contribution in [3.05, 3.63) is 71.3 Å². The minimum absolute atomic E-state index is 0.0296. The Morgan fingerprint density at radius 1 is 1.00 bits per heavy atom.